The molecular formula is C30H30ClN3O3. The smallest absolute Gasteiger partial charge is 0.305 e. The number of hydrogen-bond donors (Lipinski definition) is 1. The zero-order valence-electron chi connectivity index (χ0n) is 20.9. The van der Waals surface area contributed by atoms with E-state index in [4.69, 9.17) is 21.3 Å². The number of nitrogens with one attached hydrogen (secondary N) is 1. The predicted molar refractivity (Wildman–Crippen MR) is 147 cm³/mol. The van der Waals surface area contributed by atoms with Crippen LogP contribution in [0.5, 0.6) is 0 Å². The van der Waals surface area contributed by atoms with Crippen LogP contribution < -0.4 is 5.32 Å². The van der Waals surface area contributed by atoms with Crippen molar-refractivity contribution in [2.75, 3.05) is 25.5 Å². The molecule has 1 saturated heterocycles. The zero-order valence-corrected chi connectivity index (χ0v) is 21.6. The second kappa shape index (κ2) is 11.3. The number of aliphatic imine (C=N–C) groups is 1. The fourth-order valence-corrected chi connectivity index (χ4v) is 5.18. The maximum Gasteiger partial charge on any atom is 0.305 e. The van der Waals surface area contributed by atoms with Gasteiger partial charge in [-0.3, -0.25) is 19.5 Å². The summed E-state index contributed by atoms with van der Waals surface area (Å²) in [6.45, 7) is 3.25. The van der Waals surface area contributed by atoms with Crippen LogP contribution in [0, 0.1) is 0 Å². The summed E-state index contributed by atoms with van der Waals surface area (Å²) in [5.74, 6) is -0.925. The molecule has 2 heterocycles. The third-order valence-electron chi connectivity index (χ3n) is 7.01. The topological polar surface area (TPSA) is 71.0 Å². The summed E-state index contributed by atoms with van der Waals surface area (Å²) in [6.07, 6.45) is 3.44. The molecule has 2 aliphatic heterocycles. The second-order valence-corrected chi connectivity index (χ2v) is 10.0. The summed E-state index contributed by atoms with van der Waals surface area (Å²) in [6, 6.07) is 21.6. The molecule has 6 nitrogen and oxygen atoms in total. The molecule has 5 rings (SSSR count). The van der Waals surface area contributed by atoms with E-state index in [-0.39, 0.29) is 11.9 Å². The van der Waals surface area contributed by atoms with Gasteiger partial charge < -0.3 is 10.1 Å². The van der Waals surface area contributed by atoms with Crippen LogP contribution in [0.25, 0.3) is 0 Å². The first-order chi connectivity index (χ1) is 18.0. The van der Waals surface area contributed by atoms with Crippen LogP contribution in [0.2, 0.25) is 5.02 Å². The minimum absolute atomic E-state index is 0.128. The van der Waals surface area contributed by atoms with E-state index in [9.17, 15) is 9.59 Å². The van der Waals surface area contributed by atoms with Crippen molar-refractivity contribution in [3.8, 4) is 0 Å². The number of halogens is 1. The van der Waals surface area contributed by atoms with Crippen LogP contribution in [0.1, 0.15) is 47.4 Å². The van der Waals surface area contributed by atoms with Gasteiger partial charge in [-0.05, 0) is 78.9 Å². The Hall–Kier alpha value is -3.48. The molecule has 1 N–H and O–H groups in total. The summed E-state index contributed by atoms with van der Waals surface area (Å²) >= 11 is 6.18. The molecule has 1 amide bonds. The number of rotatable bonds is 8. The highest BCUT2D eigenvalue weighted by molar-refractivity contribution is 6.31. The molecule has 1 fully saturated rings. The van der Waals surface area contributed by atoms with E-state index in [1.807, 2.05) is 42.5 Å². The highest BCUT2D eigenvalue weighted by atomic mass is 35.5. The predicted octanol–water partition coefficient (Wildman–Crippen LogP) is 5.90. The minimum Gasteiger partial charge on any atom is -0.469 e. The normalized spacial score (nSPS) is 17.5. The Bertz CT molecular complexity index is 1310. The fraction of sp³-hybridized carbons (Fsp3) is 0.300. The molecule has 7 heteroatoms. The Morgan fingerprint density at radius 3 is 2.43 bits per heavy atom. The van der Waals surface area contributed by atoms with Crippen LogP contribution >= 0.6 is 11.6 Å². The van der Waals surface area contributed by atoms with E-state index in [1.165, 1.54) is 25.5 Å². The quantitative estimate of drug-likeness (QED) is 0.299. The van der Waals surface area contributed by atoms with Crippen LogP contribution in [-0.4, -0.2) is 42.7 Å². The van der Waals surface area contributed by atoms with Gasteiger partial charge in [0.15, 0.2) is 0 Å². The third kappa shape index (κ3) is 5.92. The maximum atomic E-state index is 13.2. The molecule has 3 aromatic rings. The number of esters is 1. The molecule has 190 valence electrons. The van der Waals surface area contributed by atoms with Crippen molar-refractivity contribution >= 4 is 40.6 Å². The second-order valence-electron chi connectivity index (χ2n) is 9.57. The van der Waals surface area contributed by atoms with Crippen molar-refractivity contribution in [1.29, 1.82) is 0 Å². The Morgan fingerprint density at radius 2 is 1.73 bits per heavy atom. The first kappa shape index (κ1) is 25.2. The molecule has 1 unspecified atom stereocenters. The standard InChI is InChI=1S/C30H30ClN3O3/c1-37-27(35)15-8-20-4-9-22(10-5-20)29(28-25-14-11-23(31)18-26(25)33-30(28)36)32-24-12-6-21(7-13-24)19-34-16-2-3-17-34/h4-7,9-14,18,28H,2-3,8,15-17,19H2,1H3,(H,33,36). The summed E-state index contributed by atoms with van der Waals surface area (Å²) in [5.41, 5.74) is 6.17. The van der Waals surface area contributed by atoms with E-state index < -0.39 is 5.92 Å². The Labute approximate surface area is 222 Å². The van der Waals surface area contributed by atoms with Crippen LogP contribution in [0.4, 0.5) is 11.4 Å². The number of carbonyl (C=O) groups is 2. The molecule has 2 aliphatic rings. The van der Waals surface area contributed by atoms with Gasteiger partial charge in [-0.2, -0.15) is 0 Å². The molecule has 0 aromatic heterocycles. The maximum absolute atomic E-state index is 13.2. The van der Waals surface area contributed by atoms with Gasteiger partial charge in [0, 0.05) is 23.7 Å². The number of anilines is 1. The first-order valence-electron chi connectivity index (χ1n) is 12.7. The molecule has 1 atom stereocenters. The van der Waals surface area contributed by atoms with E-state index in [2.05, 4.69) is 22.3 Å². The fourth-order valence-electron chi connectivity index (χ4n) is 5.01. The van der Waals surface area contributed by atoms with Crippen molar-refractivity contribution in [1.82, 2.24) is 4.90 Å². The molecule has 37 heavy (non-hydrogen) atoms. The monoisotopic (exact) mass is 515 g/mol. The van der Waals surface area contributed by atoms with Crippen molar-refractivity contribution in [3.05, 3.63) is 94.0 Å². The van der Waals surface area contributed by atoms with Crippen molar-refractivity contribution in [2.24, 2.45) is 4.99 Å². The Morgan fingerprint density at radius 1 is 1.03 bits per heavy atom. The molecule has 0 saturated carbocycles. The van der Waals surface area contributed by atoms with Gasteiger partial charge >= 0.3 is 5.97 Å². The van der Waals surface area contributed by atoms with Gasteiger partial charge in [0.2, 0.25) is 5.91 Å². The Kier molecular flexibility index (Phi) is 7.68. The average Bonchev–Trinajstić information content (AvgIpc) is 3.53. The van der Waals surface area contributed by atoms with Crippen LogP contribution in [0.15, 0.2) is 71.7 Å². The van der Waals surface area contributed by atoms with E-state index in [0.29, 0.717) is 29.3 Å². The van der Waals surface area contributed by atoms with Gasteiger partial charge in [0.1, 0.15) is 5.92 Å². The third-order valence-corrected chi connectivity index (χ3v) is 7.24. The zero-order chi connectivity index (χ0) is 25.8. The highest BCUT2D eigenvalue weighted by Crippen LogP contribution is 2.38. The molecule has 3 aromatic carbocycles. The van der Waals surface area contributed by atoms with Crippen molar-refractivity contribution in [3.63, 3.8) is 0 Å². The van der Waals surface area contributed by atoms with Crippen LogP contribution in [-0.2, 0) is 27.3 Å². The lowest BCUT2D eigenvalue weighted by Gasteiger charge is -2.16. The van der Waals surface area contributed by atoms with Crippen molar-refractivity contribution < 1.29 is 14.3 Å². The van der Waals surface area contributed by atoms with Gasteiger partial charge in [-0.1, -0.05) is 54.1 Å². The van der Waals surface area contributed by atoms with E-state index >= 15 is 0 Å². The summed E-state index contributed by atoms with van der Waals surface area (Å²) in [5, 5.41) is 3.53. The number of likely N-dealkylation sites (tertiary alicyclic amines) is 1. The van der Waals surface area contributed by atoms with Crippen molar-refractivity contribution in [2.45, 2.75) is 38.1 Å². The number of amides is 1. The van der Waals surface area contributed by atoms with E-state index in [0.717, 1.165) is 42.0 Å². The largest absolute Gasteiger partial charge is 0.469 e. The Balaban J connectivity index is 1.46. The summed E-state index contributed by atoms with van der Waals surface area (Å²) in [7, 11) is 1.39. The number of nitrogens with zero attached hydrogens (tertiary/aromatic N) is 2. The van der Waals surface area contributed by atoms with Gasteiger partial charge in [-0.15, -0.1) is 0 Å². The van der Waals surface area contributed by atoms with Gasteiger partial charge in [-0.25, -0.2) is 0 Å². The summed E-state index contributed by atoms with van der Waals surface area (Å²) < 4.78 is 4.75. The lowest BCUT2D eigenvalue weighted by Crippen LogP contribution is -2.22. The minimum atomic E-state index is -0.558. The number of methoxy groups -OCH3 is 1. The highest BCUT2D eigenvalue weighted by Gasteiger charge is 2.35. The average molecular weight is 516 g/mol. The molecule has 0 aliphatic carbocycles. The number of hydrogen-bond acceptors (Lipinski definition) is 5. The first-order valence-corrected chi connectivity index (χ1v) is 13.0. The molecule has 0 spiro atoms. The van der Waals surface area contributed by atoms with E-state index in [1.54, 1.807) is 12.1 Å². The molecule has 0 radical (unpaired) electrons. The SMILES string of the molecule is COC(=O)CCc1ccc(C(=Nc2ccc(CN3CCCC3)cc2)C2C(=O)Nc3cc(Cl)ccc32)cc1. The number of fused-ring (bicyclic) bond motifs is 1. The number of carbonyl (C=O) groups excluding carboxylic acids is 2. The van der Waals surface area contributed by atoms with Gasteiger partial charge in [0.05, 0.1) is 18.5 Å². The molecule has 0 bridgehead atoms. The lowest BCUT2D eigenvalue weighted by atomic mass is 9.90. The number of ether oxygens (including phenoxy) is 1. The molecular weight excluding hydrogens is 486 g/mol. The number of benzene rings is 3. The lowest BCUT2D eigenvalue weighted by molar-refractivity contribution is -0.140. The number of aryl methyl sites for hydroxylation is 1. The summed E-state index contributed by atoms with van der Waals surface area (Å²) in [4.78, 5) is 32.2. The van der Waals surface area contributed by atoms with Crippen LogP contribution in [0.3, 0.4) is 0 Å². The van der Waals surface area contributed by atoms with Gasteiger partial charge in [0.25, 0.3) is 0 Å².